The van der Waals surface area contributed by atoms with E-state index in [4.69, 9.17) is 0 Å². The smallest absolute Gasteiger partial charge is 0.0113 e. The first-order valence-electron chi connectivity index (χ1n) is 5.98. The maximum Gasteiger partial charge on any atom is 0.0113 e. The Morgan fingerprint density at radius 3 is 2.36 bits per heavy atom. The van der Waals surface area contributed by atoms with Crippen LogP contribution in [0, 0.1) is 6.42 Å². The zero-order valence-electron chi connectivity index (χ0n) is 10.00. The molecule has 2 heteroatoms. The van der Waals surface area contributed by atoms with Gasteiger partial charge in [-0.15, -0.1) is 0 Å². The second kappa shape index (κ2) is 6.41. The van der Waals surface area contributed by atoms with Gasteiger partial charge in [-0.2, -0.15) is 0 Å². The minimum absolute atomic E-state index is 0.819. The van der Waals surface area contributed by atoms with Crippen molar-refractivity contribution in [3.63, 3.8) is 0 Å². The number of nitrogens with zero attached hydrogens (tertiary/aromatic N) is 2. The number of likely N-dealkylation sites (N-methyl/N-ethyl adjacent to an activating group) is 1. The second-order valence-corrected chi connectivity index (χ2v) is 4.39. The Labute approximate surface area is 89.3 Å². The molecule has 0 bridgehead atoms. The average molecular weight is 197 g/mol. The molecule has 0 aromatic heterocycles. The van der Waals surface area contributed by atoms with Crippen molar-refractivity contribution in [1.82, 2.24) is 9.80 Å². The van der Waals surface area contributed by atoms with E-state index in [1.165, 1.54) is 45.4 Å². The second-order valence-electron chi connectivity index (χ2n) is 4.39. The van der Waals surface area contributed by atoms with E-state index in [2.05, 4.69) is 37.1 Å². The molecule has 0 amide bonds. The van der Waals surface area contributed by atoms with Crippen LogP contribution in [-0.2, 0) is 0 Å². The van der Waals surface area contributed by atoms with Gasteiger partial charge in [0, 0.05) is 32.2 Å². The van der Waals surface area contributed by atoms with Crippen molar-refractivity contribution < 1.29 is 0 Å². The normalized spacial score (nSPS) is 22.5. The molecule has 0 aliphatic carbocycles. The predicted octanol–water partition coefficient (Wildman–Crippen LogP) is 2.02. The highest BCUT2D eigenvalue weighted by atomic mass is 15.3. The first-order chi connectivity index (χ1) is 6.77. The first-order valence-corrected chi connectivity index (χ1v) is 5.98. The van der Waals surface area contributed by atoms with Gasteiger partial charge in [-0.1, -0.05) is 13.8 Å². The molecule has 1 saturated heterocycles. The summed E-state index contributed by atoms with van der Waals surface area (Å²) in [5.41, 5.74) is 0. The fraction of sp³-hybridized carbons (Fsp3) is 0.917. The zero-order valence-corrected chi connectivity index (χ0v) is 10.00. The molecule has 1 aliphatic heterocycles. The van der Waals surface area contributed by atoms with E-state index in [-0.39, 0.29) is 0 Å². The molecule has 0 aromatic rings. The Kier molecular flexibility index (Phi) is 5.49. The first kappa shape index (κ1) is 12.0. The van der Waals surface area contributed by atoms with E-state index in [1.54, 1.807) is 0 Å². The summed E-state index contributed by atoms with van der Waals surface area (Å²) in [6, 6.07) is 0.819. The highest BCUT2D eigenvalue weighted by Gasteiger charge is 2.20. The lowest BCUT2D eigenvalue weighted by Crippen LogP contribution is -2.48. The molecule has 83 valence electrons. The minimum Gasteiger partial charge on any atom is -0.304 e. The maximum atomic E-state index is 2.67. The summed E-state index contributed by atoms with van der Waals surface area (Å²) in [7, 11) is 2.22. The van der Waals surface area contributed by atoms with Gasteiger partial charge in [0.05, 0.1) is 0 Å². The van der Waals surface area contributed by atoms with Crippen LogP contribution >= 0.6 is 0 Å². The van der Waals surface area contributed by atoms with Crippen molar-refractivity contribution in [2.45, 2.75) is 39.2 Å². The van der Waals surface area contributed by atoms with Gasteiger partial charge in [-0.05, 0) is 32.7 Å². The van der Waals surface area contributed by atoms with E-state index < -0.39 is 0 Å². The quantitative estimate of drug-likeness (QED) is 0.665. The Morgan fingerprint density at radius 2 is 1.86 bits per heavy atom. The third-order valence-electron chi connectivity index (χ3n) is 3.31. The van der Waals surface area contributed by atoms with Gasteiger partial charge >= 0.3 is 0 Å². The molecule has 1 fully saturated rings. The molecule has 14 heavy (non-hydrogen) atoms. The number of unbranched alkanes of at least 4 members (excludes halogenated alkanes) is 1. The Hall–Kier alpha value is -0.0800. The van der Waals surface area contributed by atoms with E-state index in [0.717, 1.165) is 6.04 Å². The van der Waals surface area contributed by atoms with Gasteiger partial charge in [0.15, 0.2) is 0 Å². The molecular formula is C12H25N2. The van der Waals surface area contributed by atoms with Gasteiger partial charge in [0.2, 0.25) is 0 Å². The number of piperazine rings is 1. The Morgan fingerprint density at radius 1 is 1.21 bits per heavy atom. The van der Waals surface area contributed by atoms with Gasteiger partial charge in [-0.3, -0.25) is 4.90 Å². The van der Waals surface area contributed by atoms with Crippen molar-refractivity contribution in [1.29, 1.82) is 0 Å². The van der Waals surface area contributed by atoms with E-state index >= 15 is 0 Å². The summed E-state index contributed by atoms with van der Waals surface area (Å²) in [4.78, 5) is 5.10. The molecule has 1 radical (unpaired) electrons. The predicted molar refractivity (Wildman–Crippen MR) is 62.4 cm³/mol. The Balaban J connectivity index is 2.29. The van der Waals surface area contributed by atoms with Crippen molar-refractivity contribution in [3.05, 3.63) is 6.42 Å². The van der Waals surface area contributed by atoms with Crippen molar-refractivity contribution in [2.75, 3.05) is 33.2 Å². The molecule has 1 aliphatic rings. The van der Waals surface area contributed by atoms with E-state index in [9.17, 15) is 0 Å². The van der Waals surface area contributed by atoms with Gasteiger partial charge < -0.3 is 4.90 Å². The lowest BCUT2D eigenvalue weighted by Gasteiger charge is -2.37. The van der Waals surface area contributed by atoms with Crippen LogP contribution < -0.4 is 0 Å². The standard InChI is InChI=1S/C12H25N2/c1-4-6-7-12(5-2)14-10-8-13(3)9-11-14/h4,12H,5-11H2,1-3H3/t12-/m0/s1. The summed E-state index contributed by atoms with van der Waals surface area (Å²) in [5.74, 6) is 0. The minimum atomic E-state index is 0.819. The molecule has 0 spiro atoms. The molecule has 1 heterocycles. The van der Waals surface area contributed by atoms with Crippen LogP contribution in [0.3, 0.4) is 0 Å². The summed E-state index contributed by atoms with van der Waals surface area (Å²) in [6.07, 6.45) is 6.21. The summed E-state index contributed by atoms with van der Waals surface area (Å²) in [5, 5.41) is 0. The fourth-order valence-corrected chi connectivity index (χ4v) is 2.19. The molecule has 0 unspecified atom stereocenters. The molecule has 2 nitrogen and oxygen atoms in total. The fourth-order valence-electron chi connectivity index (χ4n) is 2.19. The topological polar surface area (TPSA) is 6.48 Å². The van der Waals surface area contributed by atoms with E-state index in [0.29, 0.717) is 0 Å². The number of rotatable bonds is 5. The van der Waals surface area contributed by atoms with Crippen molar-refractivity contribution in [2.24, 2.45) is 0 Å². The largest absolute Gasteiger partial charge is 0.304 e. The maximum absolute atomic E-state index is 2.67. The lowest BCUT2D eigenvalue weighted by atomic mass is 10.0. The highest BCUT2D eigenvalue weighted by molar-refractivity contribution is 4.77. The van der Waals surface area contributed by atoms with Crippen molar-refractivity contribution in [3.8, 4) is 0 Å². The van der Waals surface area contributed by atoms with Crippen LogP contribution in [-0.4, -0.2) is 49.1 Å². The average Bonchev–Trinajstić information content (AvgIpc) is 2.21. The third-order valence-corrected chi connectivity index (χ3v) is 3.31. The van der Waals surface area contributed by atoms with Crippen LogP contribution in [0.1, 0.15) is 33.1 Å². The molecule has 0 aromatic carbocycles. The third kappa shape index (κ3) is 3.58. The van der Waals surface area contributed by atoms with Crippen LogP contribution in [0.25, 0.3) is 0 Å². The van der Waals surface area contributed by atoms with Crippen molar-refractivity contribution >= 4 is 0 Å². The summed E-state index contributed by atoms with van der Waals surface area (Å²) >= 11 is 0. The molecule has 0 saturated carbocycles. The Bertz CT molecular complexity index is 137. The van der Waals surface area contributed by atoms with Crippen LogP contribution in [0.5, 0.6) is 0 Å². The van der Waals surface area contributed by atoms with Crippen LogP contribution in [0.15, 0.2) is 0 Å². The van der Waals surface area contributed by atoms with Gasteiger partial charge in [0.25, 0.3) is 0 Å². The summed E-state index contributed by atoms with van der Waals surface area (Å²) < 4.78 is 0. The van der Waals surface area contributed by atoms with Gasteiger partial charge in [0.1, 0.15) is 0 Å². The monoisotopic (exact) mass is 197 g/mol. The molecule has 1 atom stereocenters. The molecule has 0 N–H and O–H groups in total. The SMILES string of the molecule is C[CH]CC[C@H](CC)N1CCN(C)CC1. The van der Waals surface area contributed by atoms with E-state index in [1.807, 2.05) is 0 Å². The summed E-state index contributed by atoms with van der Waals surface area (Å²) in [6.45, 7) is 9.49. The lowest BCUT2D eigenvalue weighted by molar-refractivity contribution is 0.104. The molecular weight excluding hydrogens is 172 g/mol. The highest BCUT2D eigenvalue weighted by Crippen LogP contribution is 2.14. The number of hydrogen-bond donors (Lipinski definition) is 0. The molecule has 1 rings (SSSR count). The number of hydrogen-bond acceptors (Lipinski definition) is 2. The van der Waals surface area contributed by atoms with Gasteiger partial charge in [-0.25, -0.2) is 0 Å². The van der Waals surface area contributed by atoms with Crippen LogP contribution in [0.2, 0.25) is 0 Å². The van der Waals surface area contributed by atoms with Crippen LogP contribution in [0.4, 0.5) is 0 Å². The zero-order chi connectivity index (χ0) is 10.4.